The smallest absolute Gasteiger partial charge is 0.317 e. The SMILES string of the molecule is CCC(C)(CC(C)C)C(=O)Oc1cccc2c(OC(C)(C)C)cccc12. The molecule has 2 rings (SSSR count). The van der Waals surface area contributed by atoms with Crippen LogP contribution in [0.25, 0.3) is 10.8 Å². The molecule has 0 radical (unpaired) electrons. The molecule has 1 atom stereocenters. The third kappa shape index (κ3) is 4.78. The minimum atomic E-state index is -0.476. The Balaban J connectivity index is 2.39. The highest BCUT2D eigenvalue weighted by Gasteiger charge is 2.34. The molecule has 0 saturated heterocycles. The lowest BCUT2D eigenvalue weighted by Gasteiger charge is -2.28. The van der Waals surface area contributed by atoms with Crippen LogP contribution in [0.2, 0.25) is 0 Å². The number of rotatable bonds is 6. The third-order valence-electron chi connectivity index (χ3n) is 4.59. The number of fused-ring (bicyclic) bond motifs is 1. The largest absolute Gasteiger partial charge is 0.488 e. The summed E-state index contributed by atoms with van der Waals surface area (Å²) in [6.07, 6.45) is 1.57. The Morgan fingerprint density at radius 2 is 1.50 bits per heavy atom. The van der Waals surface area contributed by atoms with E-state index < -0.39 is 5.41 Å². The van der Waals surface area contributed by atoms with Crippen LogP contribution in [0.1, 0.15) is 61.3 Å². The molecular formula is C23H32O3. The van der Waals surface area contributed by atoms with Crippen molar-refractivity contribution in [2.75, 3.05) is 0 Å². The molecule has 0 bridgehead atoms. The van der Waals surface area contributed by atoms with Crippen molar-refractivity contribution in [2.45, 2.75) is 66.9 Å². The second-order valence-electron chi connectivity index (χ2n) is 8.72. The topological polar surface area (TPSA) is 35.5 Å². The second-order valence-corrected chi connectivity index (χ2v) is 8.72. The van der Waals surface area contributed by atoms with Crippen LogP contribution < -0.4 is 9.47 Å². The lowest BCUT2D eigenvalue weighted by Crippen LogP contribution is -2.32. The quantitative estimate of drug-likeness (QED) is 0.445. The Kier molecular flexibility index (Phi) is 6.00. The van der Waals surface area contributed by atoms with Crippen molar-refractivity contribution in [1.82, 2.24) is 0 Å². The Bertz CT molecular complexity index is 771. The Labute approximate surface area is 157 Å². The average molecular weight is 357 g/mol. The van der Waals surface area contributed by atoms with Gasteiger partial charge in [0, 0.05) is 10.8 Å². The van der Waals surface area contributed by atoms with Gasteiger partial charge in [0.25, 0.3) is 0 Å². The van der Waals surface area contributed by atoms with E-state index in [1.54, 1.807) is 0 Å². The van der Waals surface area contributed by atoms with E-state index >= 15 is 0 Å². The second kappa shape index (κ2) is 7.69. The summed E-state index contributed by atoms with van der Waals surface area (Å²) < 4.78 is 12.0. The molecule has 0 heterocycles. The first-order chi connectivity index (χ1) is 12.1. The van der Waals surface area contributed by atoms with Crippen LogP contribution in [0.15, 0.2) is 36.4 Å². The lowest BCUT2D eigenvalue weighted by atomic mass is 9.80. The van der Waals surface area contributed by atoms with E-state index in [0.29, 0.717) is 11.7 Å². The number of benzene rings is 2. The third-order valence-corrected chi connectivity index (χ3v) is 4.59. The summed E-state index contributed by atoms with van der Waals surface area (Å²) >= 11 is 0. The molecule has 0 saturated carbocycles. The van der Waals surface area contributed by atoms with Crippen LogP contribution in [-0.2, 0) is 4.79 Å². The first-order valence-electron chi connectivity index (χ1n) is 9.49. The van der Waals surface area contributed by atoms with Gasteiger partial charge in [0.15, 0.2) is 0 Å². The van der Waals surface area contributed by atoms with Crippen LogP contribution in [-0.4, -0.2) is 11.6 Å². The molecule has 0 spiro atoms. The number of ether oxygens (including phenoxy) is 2. The average Bonchev–Trinajstić information content (AvgIpc) is 2.53. The maximum absolute atomic E-state index is 12.9. The molecule has 0 amide bonds. The molecule has 0 aliphatic heterocycles. The molecule has 3 heteroatoms. The first-order valence-corrected chi connectivity index (χ1v) is 9.49. The summed E-state index contributed by atoms with van der Waals surface area (Å²) in [4.78, 5) is 12.9. The van der Waals surface area contributed by atoms with Gasteiger partial charge in [0.1, 0.15) is 17.1 Å². The summed E-state index contributed by atoms with van der Waals surface area (Å²) in [6, 6.07) is 11.6. The Morgan fingerprint density at radius 1 is 0.962 bits per heavy atom. The predicted molar refractivity (Wildman–Crippen MR) is 108 cm³/mol. The zero-order valence-corrected chi connectivity index (χ0v) is 17.2. The number of hydrogen-bond donors (Lipinski definition) is 0. The van der Waals surface area contributed by atoms with E-state index in [1.807, 2.05) is 71.0 Å². The van der Waals surface area contributed by atoms with E-state index in [2.05, 4.69) is 13.8 Å². The van der Waals surface area contributed by atoms with Gasteiger partial charge in [-0.15, -0.1) is 0 Å². The molecule has 1 unspecified atom stereocenters. The molecule has 0 aliphatic carbocycles. The number of carbonyl (C=O) groups excluding carboxylic acids is 1. The monoisotopic (exact) mass is 356 g/mol. The standard InChI is InChI=1S/C23H32O3/c1-8-23(7,15-16(2)3)21(24)25-19-13-9-12-18-17(19)11-10-14-20(18)26-22(4,5)6/h9-14,16H,8,15H2,1-7H3. The summed E-state index contributed by atoms with van der Waals surface area (Å²) in [5.41, 5.74) is -0.769. The van der Waals surface area contributed by atoms with E-state index in [4.69, 9.17) is 9.47 Å². The van der Waals surface area contributed by atoms with Crippen molar-refractivity contribution < 1.29 is 14.3 Å². The van der Waals surface area contributed by atoms with Crippen molar-refractivity contribution in [3.05, 3.63) is 36.4 Å². The molecule has 0 N–H and O–H groups in total. The highest BCUT2D eigenvalue weighted by atomic mass is 16.5. The van der Waals surface area contributed by atoms with Gasteiger partial charge in [0.05, 0.1) is 5.41 Å². The molecule has 0 fully saturated rings. The van der Waals surface area contributed by atoms with Gasteiger partial charge >= 0.3 is 5.97 Å². The van der Waals surface area contributed by atoms with Crippen LogP contribution in [0, 0.1) is 11.3 Å². The van der Waals surface area contributed by atoms with Crippen LogP contribution in [0.5, 0.6) is 11.5 Å². The maximum atomic E-state index is 12.9. The zero-order chi connectivity index (χ0) is 19.5. The van der Waals surface area contributed by atoms with Crippen molar-refractivity contribution in [2.24, 2.45) is 11.3 Å². The molecule has 2 aromatic rings. The minimum Gasteiger partial charge on any atom is -0.488 e. The summed E-state index contributed by atoms with van der Waals surface area (Å²) in [5, 5.41) is 1.85. The number of hydrogen-bond acceptors (Lipinski definition) is 3. The minimum absolute atomic E-state index is 0.164. The maximum Gasteiger partial charge on any atom is 0.317 e. The van der Waals surface area contributed by atoms with E-state index in [0.717, 1.165) is 29.4 Å². The lowest BCUT2D eigenvalue weighted by molar-refractivity contribution is -0.146. The number of carbonyl (C=O) groups is 1. The van der Waals surface area contributed by atoms with Crippen molar-refractivity contribution in [3.8, 4) is 11.5 Å². The summed E-state index contributed by atoms with van der Waals surface area (Å²) in [7, 11) is 0. The molecule has 0 aliphatic rings. The molecule has 142 valence electrons. The molecular weight excluding hydrogens is 324 g/mol. The first kappa shape index (κ1) is 20.3. The van der Waals surface area contributed by atoms with Crippen LogP contribution >= 0.6 is 0 Å². The molecule has 2 aromatic carbocycles. The summed E-state index contributed by atoms with van der Waals surface area (Å²) in [5.74, 6) is 1.67. The van der Waals surface area contributed by atoms with Gasteiger partial charge < -0.3 is 9.47 Å². The van der Waals surface area contributed by atoms with Crippen LogP contribution in [0.4, 0.5) is 0 Å². The predicted octanol–water partition coefficient (Wildman–Crippen LogP) is 6.38. The Hall–Kier alpha value is -2.03. The van der Waals surface area contributed by atoms with Gasteiger partial charge in [-0.25, -0.2) is 0 Å². The Morgan fingerprint density at radius 3 is 2.00 bits per heavy atom. The van der Waals surface area contributed by atoms with Crippen molar-refractivity contribution in [1.29, 1.82) is 0 Å². The molecule has 0 aromatic heterocycles. The van der Waals surface area contributed by atoms with E-state index in [-0.39, 0.29) is 11.6 Å². The zero-order valence-electron chi connectivity index (χ0n) is 17.2. The normalized spacial score (nSPS) is 14.3. The molecule has 26 heavy (non-hydrogen) atoms. The highest BCUT2D eigenvalue weighted by molar-refractivity contribution is 5.95. The van der Waals surface area contributed by atoms with E-state index in [9.17, 15) is 4.79 Å². The van der Waals surface area contributed by atoms with Crippen molar-refractivity contribution >= 4 is 16.7 Å². The fourth-order valence-corrected chi connectivity index (χ4v) is 3.26. The summed E-state index contributed by atoms with van der Waals surface area (Å²) in [6.45, 7) is 14.4. The van der Waals surface area contributed by atoms with Gasteiger partial charge in [-0.2, -0.15) is 0 Å². The fraction of sp³-hybridized carbons (Fsp3) is 0.522. The van der Waals surface area contributed by atoms with Gasteiger partial charge in [0.2, 0.25) is 0 Å². The number of esters is 1. The molecule has 3 nitrogen and oxygen atoms in total. The van der Waals surface area contributed by atoms with Crippen LogP contribution in [0.3, 0.4) is 0 Å². The van der Waals surface area contributed by atoms with Gasteiger partial charge in [-0.3, -0.25) is 4.79 Å². The van der Waals surface area contributed by atoms with Crippen molar-refractivity contribution in [3.63, 3.8) is 0 Å². The highest BCUT2D eigenvalue weighted by Crippen LogP contribution is 2.36. The van der Waals surface area contributed by atoms with Gasteiger partial charge in [-0.05, 0) is 58.6 Å². The fourth-order valence-electron chi connectivity index (χ4n) is 3.26. The van der Waals surface area contributed by atoms with E-state index in [1.165, 1.54) is 0 Å². The van der Waals surface area contributed by atoms with Gasteiger partial charge in [-0.1, -0.05) is 45.0 Å².